The predicted molar refractivity (Wildman–Crippen MR) is 89.6 cm³/mol. The molecular weight excluding hydrogens is 394 g/mol. The molecule has 0 aromatic rings. The van der Waals surface area contributed by atoms with Gasteiger partial charge in [0.15, 0.2) is 5.92 Å². The highest BCUT2D eigenvalue weighted by atomic mass is 19.4. The second-order valence-electron chi connectivity index (χ2n) is 8.43. The quantitative estimate of drug-likeness (QED) is 0.358. The zero-order chi connectivity index (χ0) is 22.8. The Labute approximate surface area is 160 Å². The SMILES string of the molecule is CCC(CCCCC(C)(C(=O)O)C(C)(C)C)(C(=O)O)C(C(F)(F)F)C(F)(F)F. The fourth-order valence-corrected chi connectivity index (χ4v) is 3.44. The van der Waals surface area contributed by atoms with E-state index in [1.807, 2.05) is 0 Å². The summed E-state index contributed by atoms with van der Waals surface area (Å²) >= 11 is 0. The maximum absolute atomic E-state index is 13.2. The summed E-state index contributed by atoms with van der Waals surface area (Å²) in [5.74, 6) is -7.29. The van der Waals surface area contributed by atoms with Crippen molar-refractivity contribution >= 4 is 11.9 Å². The summed E-state index contributed by atoms with van der Waals surface area (Å²) < 4.78 is 78.9. The Hall–Kier alpha value is -1.48. The van der Waals surface area contributed by atoms with Gasteiger partial charge >= 0.3 is 24.3 Å². The summed E-state index contributed by atoms with van der Waals surface area (Å²) in [4.78, 5) is 23.2. The van der Waals surface area contributed by atoms with Crippen LogP contribution in [0.2, 0.25) is 0 Å². The molecule has 2 atom stereocenters. The Morgan fingerprint density at radius 2 is 1.18 bits per heavy atom. The summed E-state index contributed by atoms with van der Waals surface area (Å²) in [6.45, 7) is 7.43. The van der Waals surface area contributed by atoms with Crippen LogP contribution in [-0.2, 0) is 9.59 Å². The molecule has 4 nitrogen and oxygen atoms in total. The summed E-state index contributed by atoms with van der Waals surface area (Å²) in [6, 6.07) is 0. The van der Waals surface area contributed by atoms with Crippen molar-refractivity contribution in [1.29, 1.82) is 0 Å². The molecule has 0 amide bonds. The molecule has 10 heteroatoms. The van der Waals surface area contributed by atoms with Crippen molar-refractivity contribution in [3.8, 4) is 0 Å². The maximum atomic E-state index is 13.2. The Kier molecular flexibility index (Phi) is 8.04. The summed E-state index contributed by atoms with van der Waals surface area (Å²) in [5, 5.41) is 18.8. The molecular formula is C18H28F6O4. The van der Waals surface area contributed by atoms with Gasteiger partial charge in [-0.2, -0.15) is 26.3 Å². The van der Waals surface area contributed by atoms with Crippen LogP contribution in [0.3, 0.4) is 0 Å². The summed E-state index contributed by atoms with van der Waals surface area (Å²) in [7, 11) is 0. The molecule has 2 N–H and O–H groups in total. The lowest BCUT2D eigenvalue weighted by Crippen LogP contribution is -2.52. The number of hydrogen-bond acceptors (Lipinski definition) is 2. The highest BCUT2D eigenvalue weighted by Crippen LogP contribution is 2.54. The molecule has 0 bridgehead atoms. The van der Waals surface area contributed by atoms with Crippen molar-refractivity contribution in [1.82, 2.24) is 0 Å². The van der Waals surface area contributed by atoms with Gasteiger partial charge in [0, 0.05) is 0 Å². The molecule has 0 saturated heterocycles. The molecule has 0 aliphatic heterocycles. The predicted octanol–water partition coefficient (Wildman–Crippen LogP) is 5.91. The average molecular weight is 422 g/mol. The molecule has 0 heterocycles. The maximum Gasteiger partial charge on any atom is 0.401 e. The van der Waals surface area contributed by atoms with E-state index in [-0.39, 0.29) is 19.3 Å². The monoisotopic (exact) mass is 422 g/mol. The number of halogens is 6. The van der Waals surface area contributed by atoms with E-state index in [0.29, 0.717) is 0 Å². The van der Waals surface area contributed by atoms with Crippen LogP contribution < -0.4 is 0 Å². The van der Waals surface area contributed by atoms with Crippen LogP contribution in [-0.4, -0.2) is 34.5 Å². The molecule has 166 valence electrons. The number of carbonyl (C=O) groups is 2. The van der Waals surface area contributed by atoms with E-state index >= 15 is 0 Å². The fraction of sp³-hybridized carbons (Fsp3) is 0.889. The smallest absolute Gasteiger partial charge is 0.401 e. The van der Waals surface area contributed by atoms with Crippen LogP contribution in [0.15, 0.2) is 0 Å². The Bertz CT molecular complexity index is 550. The Morgan fingerprint density at radius 1 is 0.786 bits per heavy atom. The summed E-state index contributed by atoms with van der Waals surface area (Å²) in [6.07, 6.45) is -13.6. The van der Waals surface area contributed by atoms with Gasteiger partial charge in [0.25, 0.3) is 0 Å². The zero-order valence-corrected chi connectivity index (χ0v) is 16.6. The third-order valence-corrected chi connectivity index (χ3v) is 5.94. The van der Waals surface area contributed by atoms with Crippen molar-refractivity contribution in [2.24, 2.45) is 22.2 Å². The van der Waals surface area contributed by atoms with Crippen LogP contribution in [0.5, 0.6) is 0 Å². The van der Waals surface area contributed by atoms with Crippen LogP contribution in [0, 0.1) is 22.2 Å². The van der Waals surface area contributed by atoms with Crippen LogP contribution >= 0.6 is 0 Å². The first kappa shape index (κ1) is 26.5. The highest BCUT2D eigenvalue weighted by Gasteiger charge is 2.68. The van der Waals surface area contributed by atoms with Crippen LogP contribution in [0.25, 0.3) is 0 Å². The van der Waals surface area contributed by atoms with Gasteiger partial charge in [0.05, 0.1) is 10.8 Å². The third kappa shape index (κ3) is 5.53. The van der Waals surface area contributed by atoms with Gasteiger partial charge in [-0.1, -0.05) is 40.5 Å². The van der Waals surface area contributed by atoms with Crippen molar-refractivity contribution in [3.05, 3.63) is 0 Å². The first-order valence-corrected chi connectivity index (χ1v) is 8.87. The molecule has 0 rings (SSSR count). The molecule has 0 saturated carbocycles. The lowest BCUT2D eigenvalue weighted by Gasteiger charge is -2.40. The first-order chi connectivity index (χ1) is 12.3. The first-order valence-electron chi connectivity index (χ1n) is 8.87. The average Bonchev–Trinajstić information content (AvgIpc) is 2.45. The van der Waals surface area contributed by atoms with E-state index in [9.17, 15) is 46.1 Å². The topological polar surface area (TPSA) is 74.6 Å². The summed E-state index contributed by atoms with van der Waals surface area (Å²) in [5.41, 5.74) is -5.04. The van der Waals surface area contributed by atoms with Gasteiger partial charge in [-0.05, 0) is 31.6 Å². The molecule has 2 unspecified atom stereocenters. The largest absolute Gasteiger partial charge is 0.481 e. The molecule has 0 radical (unpaired) electrons. The minimum absolute atomic E-state index is 0.00600. The normalized spacial score (nSPS) is 17.9. The molecule has 0 spiro atoms. The van der Waals surface area contributed by atoms with E-state index in [1.54, 1.807) is 20.8 Å². The second kappa shape index (κ2) is 8.49. The van der Waals surface area contributed by atoms with Gasteiger partial charge in [-0.3, -0.25) is 9.59 Å². The van der Waals surface area contributed by atoms with Crippen LogP contribution in [0.1, 0.15) is 66.7 Å². The number of carboxylic acid groups (broad SMARTS) is 2. The van der Waals surface area contributed by atoms with Gasteiger partial charge in [0.1, 0.15) is 0 Å². The molecule has 0 aromatic heterocycles. The number of hydrogen-bond donors (Lipinski definition) is 2. The lowest BCUT2D eigenvalue weighted by molar-refractivity contribution is -0.316. The van der Waals surface area contributed by atoms with Gasteiger partial charge in [-0.15, -0.1) is 0 Å². The fourth-order valence-electron chi connectivity index (χ4n) is 3.44. The molecule has 0 aliphatic rings. The second-order valence-corrected chi connectivity index (χ2v) is 8.43. The molecule has 0 fully saturated rings. The third-order valence-electron chi connectivity index (χ3n) is 5.94. The molecule has 28 heavy (non-hydrogen) atoms. The van der Waals surface area contributed by atoms with Gasteiger partial charge in [0.2, 0.25) is 0 Å². The van der Waals surface area contributed by atoms with E-state index in [1.165, 1.54) is 6.92 Å². The van der Waals surface area contributed by atoms with Crippen molar-refractivity contribution in [2.45, 2.75) is 79.1 Å². The van der Waals surface area contributed by atoms with Crippen LogP contribution in [0.4, 0.5) is 26.3 Å². The number of aliphatic carboxylic acids is 2. The standard InChI is InChI=1S/C18H28F6O4/c1-6-16(13(27)28,11(17(19,20)21)18(22,23)24)10-8-7-9-15(5,12(25)26)14(2,3)4/h11H,6-10H2,1-5H3,(H,25,26)(H,27,28). The minimum Gasteiger partial charge on any atom is -0.481 e. The van der Waals surface area contributed by atoms with Crippen molar-refractivity contribution in [3.63, 3.8) is 0 Å². The van der Waals surface area contributed by atoms with Gasteiger partial charge < -0.3 is 10.2 Å². The van der Waals surface area contributed by atoms with Crippen molar-refractivity contribution < 1.29 is 46.1 Å². The van der Waals surface area contributed by atoms with Gasteiger partial charge in [-0.25, -0.2) is 0 Å². The lowest BCUT2D eigenvalue weighted by atomic mass is 9.64. The Morgan fingerprint density at radius 3 is 1.43 bits per heavy atom. The van der Waals surface area contributed by atoms with E-state index in [4.69, 9.17) is 0 Å². The number of carboxylic acids is 2. The Balaban J connectivity index is 5.66. The number of alkyl halides is 6. The highest BCUT2D eigenvalue weighted by molar-refractivity contribution is 5.75. The number of unbranched alkanes of at least 4 members (excludes halogenated alkanes) is 1. The zero-order valence-electron chi connectivity index (χ0n) is 16.6. The molecule has 0 aliphatic carbocycles. The number of rotatable bonds is 9. The minimum atomic E-state index is -5.77. The van der Waals surface area contributed by atoms with Crippen molar-refractivity contribution in [2.75, 3.05) is 0 Å². The van der Waals surface area contributed by atoms with E-state index in [2.05, 4.69) is 0 Å². The van der Waals surface area contributed by atoms with E-state index in [0.717, 1.165) is 6.92 Å². The van der Waals surface area contributed by atoms with E-state index < -0.39 is 59.3 Å². The molecule has 0 aromatic carbocycles.